The van der Waals surface area contributed by atoms with Crippen LogP contribution in [0.2, 0.25) is 10.0 Å². The molecule has 236 valence electrons. The van der Waals surface area contributed by atoms with Gasteiger partial charge in [-0.1, -0.05) is 73.4 Å². The number of rotatable bonds is 11. The van der Waals surface area contributed by atoms with E-state index in [0.717, 1.165) is 4.31 Å². The van der Waals surface area contributed by atoms with Crippen LogP contribution in [0.15, 0.2) is 72.8 Å². The summed E-state index contributed by atoms with van der Waals surface area (Å²) < 4.78 is 50.0. The van der Waals surface area contributed by atoms with Crippen molar-refractivity contribution in [2.24, 2.45) is 5.92 Å². The van der Waals surface area contributed by atoms with Crippen molar-refractivity contribution in [3.8, 4) is 0 Å². The molecule has 1 fully saturated rings. The highest BCUT2D eigenvalue weighted by Gasteiger charge is 2.49. The fraction of sp³-hybridized carbons (Fsp3) is 0.375. The highest BCUT2D eigenvalue weighted by atomic mass is 35.5. The lowest BCUT2D eigenvalue weighted by Gasteiger charge is -2.50. The van der Waals surface area contributed by atoms with Crippen molar-refractivity contribution >= 4 is 50.8 Å². The van der Waals surface area contributed by atoms with E-state index in [9.17, 15) is 23.1 Å². The van der Waals surface area contributed by atoms with Crippen molar-refractivity contribution in [2.45, 2.75) is 63.7 Å². The Morgan fingerprint density at radius 3 is 2.20 bits per heavy atom. The first kappa shape index (κ1) is 33.7. The lowest BCUT2D eigenvalue weighted by Crippen LogP contribution is -2.59. The number of amides is 1. The molecular formula is C32H35Cl2FN2O6S. The van der Waals surface area contributed by atoms with Gasteiger partial charge in [0.15, 0.2) is 0 Å². The molecule has 1 saturated heterocycles. The van der Waals surface area contributed by atoms with Crippen LogP contribution in [0.25, 0.3) is 0 Å². The van der Waals surface area contributed by atoms with E-state index < -0.39 is 63.7 Å². The van der Waals surface area contributed by atoms with Crippen molar-refractivity contribution < 1.29 is 32.2 Å². The van der Waals surface area contributed by atoms with E-state index in [0.29, 0.717) is 21.2 Å². The smallest absolute Gasteiger partial charge is 0.306 e. The molecule has 8 nitrogen and oxygen atoms in total. The number of aliphatic carboxylic acids is 1. The highest BCUT2D eigenvalue weighted by molar-refractivity contribution is 7.93. The van der Waals surface area contributed by atoms with Gasteiger partial charge in [-0.3, -0.25) is 13.9 Å². The van der Waals surface area contributed by atoms with Crippen molar-refractivity contribution in [3.63, 3.8) is 0 Å². The topological polar surface area (TPSA) is 104 Å². The van der Waals surface area contributed by atoms with Crippen LogP contribution in [0.5, 0.6) is 0 Å². The average molecular weight is 666 g/mol. The quantitative estimate of drug-likeness (QED) is 0.239. The summed E-state index contributed by atoms with van der Waals surface area (Å²) in [5.41, 5.74) is 1.06. The van der Waals surface area contributed by atoms with E-state index in [2.05, 4.69) is 0 Å². The predicted molar refractivity (Wildman–Crippen MR) is 169 cm³/mol. The van der Waals surface area contributed by atoms with Crippen LogP contribution in [0, 0.1) is 11.7 Å². The van der Waals surface area contributed by atoms with Crippen LogP contribution in [0.1, 0.15) is 57.4 Å². The Kier molecular flexibility index (Phi) is 10.6. The monoisotopic (exact) mass is 664 g/mol. The van der Waals surface area contributed by atoms with Gasteiger partial charge in [0.05, 0.1) is 36.0 Å². The Hall–Kier alpha value is -3.18. The molecule has 1 amide bonds. The van der Waals surface area contributed by atoms with E-state index >= 15 is 4.39 Å². The van der Waals surface area contributed by atoms with Gasteiger partial charge in [0, 0.05) is 10.0 Å². The van der Waals surface area contributed by atoms with Gasteiger partial charge < -0.3 is 14.7 Å². The summed E-state index contributed by atoms with van der Waals surface area (Å²) in [4.78, 5) is 27.7. The van der Waals surface area contributed by atoms with Gasteiger partial charge in [-0.15, -0.1) is 0 Å². The minimum Gasteiger partial charge on any atom is -0.481 e. The van der Waals surface area contributed by atoms with Crippen LogP contribution in [0.4, 0.5) is 10.1 Å². The number of benzene rings is 3. The molecule has 1 N–H and O–H groups in total. The standard InChI is InChI=1S/C32H35Cl2FN2O6S/c1-19(2)27(18-36(44(41,42)20(3)4)26-11-6-5-10-25(26)35)37-30(21-12-14-23(33)15-13-21)31(22-8-7-9-24(34)16-22)43-28(32(37)40)17-29(38)39/h5-16,19-20,27-28,30-31H,17-18H2,1-4H3,(H,38,39). The van der Waals surface area contributed by atoms with E-state index in [-0.39, 0.29) is 18.2 Å². The number of halogens is 3. The number of anilines is 1. The van der Waals surface area contributed by atoms with Gasteiger partial charge in [0.1, 0.15) is 18.0 Å². The lowest BCUT2D eigenvalue weighted by atomic mass is 9.88. The first-order valence-electron chi connectivity index (χ1n) is 14.2. The molecule has 44 heavy (non-hydrogen) atoms. The van der Waals surface area contributed by atoms with Gasteiger partial charge in [-0.2, -0.15) is 0 Å². The third kappa shape index (κ3) is 7.20. The first-order chi connectivity index (χ1) is 20.7. The molecule has 3 aromatic carbocycles. The van der Waals surface area contributed by atoms with Crippen molar-refractivity contribution in [3.05, 3.63) is 99.8 Å². The number of ether oxygens (including phenoxy) is 1. The molecule has 0 aromatic heterocycles. The fourth-order valence-electron chi connectivity index (χ4n) is 5.40. The summed E-state index contributed by atoms with van der Waals surface area (Å²) >= 11 is 12.6. The SMILES string of the molecule is CC(C)C(CN(c1ccccc1F)S(=O)(=O)C(C)C)N1C(=O)C(CC(=O)O)OC(c2cccc(Cl)c2)C1c1ccc(Cl)cc1. The summed E-state index contributed by atoms with van der Waals surface area (Å²) in [6.45, 7) is 6.37. The number of carboxylic acid groups (broad SMARTS) is 1. The molecule has 3 aromatic rings. The largest absolute Gasteiger partial charge is 0.481 e. The molecule has 0 radical (unpaired) electrons. The molecule has 0 bridgehead atoms. The van der Waals surface area contributed by atoms with Crippen molar-refractivity contribution in [2.75, 3.05) is 10.8 Å². The van der Waals surface area contributed by atoms with Gasteiger partial charge in [0.2, 0.25) is 10.0 Å². The number of sulfonamides is 1. The summed E-state index contributed by atoms with van der Waals surface area (Å²) in [6, 6.07) is 17.5. The molecule has 0 aliphatic carbocycles. The number of morpholine rings is 1. The molecule has 1 heterocycles. The second-order valence-electron chi connectivity index (χ2n) is 11.3. The summed E-state index contributed by atoms with van der Waals surface area (Å²) in [7, 11) is -4.10. The number of carboxylic acids is 1. The third-order valence-electron chi connectivity index (χ3n) is 7.68. The van der Waals surface area contributed by atoms with E-state index in [4.69, 9.17) is 27.9 Å². The van der Waals surface area contributed by atoms with Gasteiger partial charge in [-0.05, 0) is 67.3 Å². The molecule has 0 saturated carbocycles. The number of nitrogens with zero attached hydrogens (tertiary/aromatic N) is 2. The van der Waals surface area contributed by atoms with Crippen LogP contribution < -0.4 is 4.31 Å². The maximum Gasteiger partial charge on any atom is 0.306 e. The van der Waals surface area contributed by atoms with Gasteiger partial charge in [0.25, 0.3) is 5.91 Å². The van der Waals surface area contributed by atoms with Crippen LogP contribution in [-0.2, 0) is 24.3 Å². The maximum atomic E-state index is 15.2. The molecule has 1 aliphatic heterocycles. The van der Waals surface area contributed by atoms with Crippen molar-refractivity contribution in [1.29, 1.82) is 0 Å². The second-order valence-corrected chi connectivity index (χ2v) is 14.6. The zero-order valence-electron chi connectivity index (χ0n) is 24.7. The zero-order valence-corrected chi connectivity index (χ0v) is 27.1. The maximum absolute atomic E-state index is 15.2. The van der Waals surface area contributed by atoms with E-state index in [1.807, 2.05) is 13.8 Å². The van der Waals surface area contributed by atoms with Gasteiger partial charge in [-0.25, -0.2) is 12.8 Å². The number of hydrogen-bond donors (Lipinski definition) is 1. The average Bonchev–Trinajstić information content (AvgIpc) is 2.95. The Morgan fingerprint density at radius 2 is 1.64 bits per heavy atom. The summed E-state index contributed by atoms with van der Waals surface area (Å²) in [5.74, 6) is -2.97. The van der Waals surface area contributed by atoms with E-state index in [1.165, 1.54) is 36.9 Å². The molecular weight excluding hydrogens is 630 g/mol. The Bertz CT molecular complexity index is 1600. The van der Waals surface area contributed by atoms with Gasteiger partial charge >= 0.3 is 5.97 Å². The zero-order chi connectivity index (χ0) is 32.3. The lowest BCUT2D eigenvalue weighted by molar-refractivity contribution is -0.184. The Labute approximate surface area is 267 Å². The minimum atomic E-state index is -4.10. The fourth-order valence-corrected chi connectivity index (χ4v) is 7.02. The van der Waals surface area contributed by atoms with Crippen LogP contribution >= 0.6 is 23.2 Å². The molecule has 4 rings (SSSR count). The predicted octanol–water partition coefficient (Wildman–Crippen LogP) is 6.89. The normalized spacial score (nSPS) is 19.8. The highest BCUT2D eigenvalue weighted by Crippen LogP contribution is 2.45. The number of carbonyl (C=O) groups excluding carboxylic acids is 1. The first-order valence-corrected chi connectivity index (χ1v) is 16.4. The Balaban J connectivity index is 1.95. The Morgan fingerprint density at radius 1 is 0.977 bits per heavy atom. The molecule has 4 atom stereocenters. The third-order valence-corrected chi connectivity index (χ3v) is 10.3. The molecule has 0 spiro atoms. The molecule has 4 unspecified atom stereocenters. The van der Waals surface area contributed by atoms with E-state index in [1.54, 1.807) is 54.6 Å². The minimum absolute atomic E-state index is 0.149. The van der Waals surface area contributed by atoms with Crippen molar-refractivity contribution in [1.82, 2.24) is 4.90 Å². The second kappa shape index (κ2) is 13.9. The number of carbonyl (C=O) groups is 2. The molecule has 1 aliphatic rings. The van der Waals surface area contributed by atoms with Crippen LogP contribution in [0.3, 0.4) is 0 Å². The summed E-state index contributed by atoms with van der Waals surface area (Å²) in [5, 5.41) is 9.68. The number of hydrogen-bond acceptors (Lipinski definition) is 5. The molecule has 12 heteroatoms. The van der Waals surface area contributed by atoms with Crippen LogP contribution in [-0.4, -0.2) is 54.2 Å². The summed E-state index contributed by atoms with van der Waals surface area (Å²) in [6.07, 6.45) is -2.89. The number of para-hydroxylation sites is 1.